The lowest BCUT2D eigenvalue weighted by molar-refractivity contribution is -0.154. The predicted octanol–water partition coefficient (Wildman–Crippen LogP) is 5.01. The van der Waals surface area contributed by atoms with Crippen LogP contribution in [0.1, 0.15) is 36.5 Å². The molecule has 1 fully saturated rings. The summed E-state index contributed by atoms with van der Waals surface area (Å²) in [6, 6.07) is 10.4. The number of hydrogen-bond acceptors (Lipinski definition) is 9. The minimum Gasteiger partial charge on any atom is -0.454 e. The van der Waals surface area contributed by atoms with E-state index in [1.165, 1.54) is 36.4 Å². The summed E-state index contributed by atoms with van der Waals surface area (Å²) in [5, 5.41) is 13.4. The van der Waals surface area contributed by atoms with Gasteiger partial charge in [0.05, 0.1) is 10.4 Å². The summed E-state index contributed by atoms with van der Waals surface area (Å²) in [5.74, 6) is -2.94. The Morgan fingerprint density at radius 3 is 2.18 bits per heavy atom. The van der Waals surface area contributed by atoms with E-state index in [1.54, 1.807) is 0 Å². The zero-order valence-electron chi connectivity index (χ0n) is 26.0. The van der Waals surface area contributed by atoms with Crippen LogP contribution in [-0.4, -0.2) is 69.0 Å². The first kappa shape index (κ1) is 35.1. The number of rotatable bonds is 12. The molecule has 17 heteroatoms. The average molecular weight is 703 g/mol. The molecule has 2 aliphatic carbocycles. The summed E-state index contributed by atoms with van der Waals surface area (Å²) < 4.78 is 56.5. The highest BCUT2D eigenvalue weighted by molar-refractivity contribution is 6.39. The summed E-state index contributed by atoms with van der Waals surface area (Å²) in [7, 11) is 0. The van der Waals surface area contributed by atoms with Gasteiger partial charge in [0.25, 0.3) is 5.91 Å². The largest absolute Gasteiger partial charge is 0.454 e. The first-order chi connectivity index (χ1) is 23.2. The van der Waals surface area contributed by atoms with E-state index in [1.807, 2.05) is 25.2 Å². The van der Waals surface area contributed by atoms with Crippen molar-refractivity contribution in [3.63, 3.8) is 0 Å². The molecule has 5 N–H and O–H groups in total. The summed E-state index contributed by atoms with van der Waals surface area (Å²) >= 11 is 6.40. The van der Waals surface area contributed by atoms with Gasteiger partial charge < -0.3 is 31.3 Å². The lowest BCUT2D eigenvalue weighted by Crippen LogP contribution is -2.40. The molecule has 0 aliphatic heterocycles. The Bertz CT molecular complexity index is 1760. The monoisotopic (exact) mass is 702 g/mol. The number of nitrogens with zero attached hydrogens (tertiary/aromatic N) is 3. The van der Waals surface area contributed by atoms with Crippen molar-refractivity contribution in [2.45, 2.75) is 42.8 Å². The van der Waals surface area contributed by atoms with Crippen molar-refractivity contribution in [1.82, 2.24) is 25.6 Å². The Kier molecular flexibility index (Phi) is 10.4. The van der Waals surface area contributed by atoms with Crippen LogP contribution in [0.3, 0.4) is 0 Å². The molecule has 3 amide bonds. The van der Waals surface area contributed by atoms with E-state index >= 15 is 0 Å². The number of halogens is 5. The normalized spacial score (nSPS) is 17.7. The van der Waals surface area contributed by atoms with Crippen molar-refractivity contribution < 1.29 is 36.7 Å². The minimum atomic E-state index is -4.61. The van der Waals surface area contributed by atoms with E-state index in [0.29, 0.717) is 12.1 Å². The molecule has 12 nitrogen and oxygen atoms in total. The standard InChI is InChI=1S/C32H31ClF4N8O4/c1-30(33)12-10-20(11-13-30)31(14-15-31)45-28-42-27(43-29(44-28)49-18-32(35,36)37)41-23-6-2-19(3-7-23)24(46)38-16-17-39-25(47)26(48)40-22-8-4-21(34)5-9-22/h2-12H,13-18H2,1H3,(H,38,46)(H,39,47)(H,40,48)(H2,41,42,43,44,45). The minimum absolute atomic E-state index is 0.00904. The molecule has 258 valence electrons. The van der Waals surface area contributed by atoms with Crippen molar-refractivity contribution in [3.05, 3.63) is 83.7 Å². The fraction of sp³-hybridized carbons (Fsp3) is 0.312. The number of alkyl halides is 4. The highest BCUT2D eigenvalue weighted by Gasteiger charge is 2.47. The van der Waals surface area contributed by atoms with E-state index in [2.05, 4.69) is 41.5 Å². The predicted molar refractivity (Wildman–Crippen MR) is 173 cm³/mol. The van der Waals surface area contributed by atoms with E-state index in [-0.39, 0.29) is 36.2 Å². The zero-order valence-corrected chi connectivity index (χ0v) is 26.7. The number of amides is 3. The Morgan fingerprint density at radius 2 is 1.55 bits per heavy atom. The van der Waals surface area contributed by atoms with Gasteiger partial charge in [-0.15, -0.1) is 11.6 Å². The lowest BCUT2D eigenvalue weighted by atomic mass is 9.92. The van der Waals surface area contributed by atoms with Gasteiger partial charge in [-0.25, -0.2) is 4.39 Å². The lowest BCUT2D eigenvalue weighted by Gasteiger charge is -2.26. The first-order valence-corrected chi connectivity index (χ1v) is 15.4. The molecule has 3 aromatic rings. The summed E-state index contributed by atoms with van der Waals surface area (Å²) in [6.45, 7) is 0.260. The molecule has 0 saturated heterocycles. The number of aromatic nitrogens is 3. The maximum Gasteiger partial charge on any atom is 0.422 e. The molecular formula is C32H31ClF4N8O4. The molecular weight excluding hydrogens is 672 g/mol. The number of carbonyl (C=O) groups excluding carboxylic acids is 3. The van der Waals surface area contributed by atoms with E-state index in [9.17, 15) is 31.9 Å². The molecule has 49 heavy (non-hydrogen) atoms. The van der Waals surface area contributed by atoms with Crippen LogP contribution in [0.2, 0.25) is 0 Å². The second-order valence-electron chi connectivity index (χ2n) is 11.5. The van der Waals surface area contributed by atoms with Crippen molar-refractivity contribution in [2.24, 2.45) is 0 Å². The second kappa shape index (κ2) is 14.5. The molecule has 2 aliphatic rings. The van der Waals surface area contributed by atoms with Crippen molar-refractivity contribution in [2.75, 3.05) is 35.6 Å². The summed E-state index contributed by atoms with van der Waals surface area (Å²) in [4.78, 5) is 48.4. The fourth-order valence-corrected chi connectivity index (χ4v) is 4.80. The number of anilines is 4. The SMILES string of the molecule is CC1(Cl)C=CC(C2(Nc3nc(Nc4ccc(C(=O)NCCNC(=O)C(=O)Nc5ccc(F)cc5)cc4)nc(OCC(F)(F)F)n3)CC2)=CC1. The third-order valence-electron chi connectivity index (χ3n) is 7.37. The van der Waals surface area contributed by atoms with Crippen LogP contribution in [0.4, 0.5) is 40.8 Å². The van der Waals surface area contributed by atoms with Gasteiger partial charge in [-0.1, -0.05) is 18.2 Å². The summed E-state index contributed by atoms with van der Waals surface area (Å²) in [6.07, 6.45) is 3.32. The third kappa shape index (κ3) is 10.1. The molecule has 2 aromatic carbocycles. The smallest absolute Gasteiger partial charge is 0.422 e. The molecule has 1 unspecified atom stereocenters. The molecule has 1 saturated carbocycles. The number of hydrogen-bond donors (Lipinski definition) is 5. The van der Waals surface area contributed by atoms with Crippen LogP contribution in [0.5, 0.6) is 6.01 Å². The van der Waals surface area contributed by atoms with Gasteiger partial charge in [0, 0.05) is 30.0 Å². The molecule has 0 bridgehead atoms. The molecule has 0 radical (unpaired) electrons. The van der Waals surface area contributed by atoms with Crippen LogP contribution in [0.25, 0.3) is 0 Å². The maximum atomic E-state index is 13.0. The number of nitrogens with one attached hydrogen (secondary N) is 5. The van der Waals surface area contributed by atoms with E-state index in [4.69, 9.17) is 16.3 Å². The van der Waals surface area contributed by atoms with E-state index < -0.39 is 52.7 Å². The molecule has 1 aromatic heterocycles. The van der Waals surface area contributed by atoms with Gasteiger partial charge in [-0.05, 0) is 80.3 Å². The number of carbonyl (C=O) groups is 3. The van der Waals surface area contributed by atoms with Crippen LogP contribution in [0, 0.1) is 5.82 Å². The first-order valence-electron chi connectivity index (χ1n) is 15.0. The Morgan fingerprint density at radius 1 is 0.898 bits per heavy atom. The van der Waals surface area contributed by atoms with Gasteiger partial charge in [0.1, 0.15) is 5.82 Å². The van der Waals surface area contributed by atoms with Crippen molar-refractivity contribution >= 4 is 52.6 Å². The average Bonchev–Trinajstić information content (AvgIpc) is 3.83. The number of allylic oxidation sites excluding steroid dienone is 2. The van der Waals surface area contributed by atoms with Crippen LogP contribution in [0.15, 0.2) is 72.3 Å². The topological polar surface area (TPSA) is 159 Å². The van der Waals surface area contributed by atoms with E-state index in [0.717, 1.165) is 30.5 Å². The Balaban J connectivity index is 1.16. The maximum absolute atomic E-state index is 13.0. The zero-order chi connectivity index (χ0) is 35.2. The number of ether oxygens (including phenoxy) is 1. The quantitative estimate of drug-likeness (QED) is 0.0757. The van der Waals surface area contributed by atoms with Gasteiger partial charge >= 0.3 is 24.0 Å². The van der Waals surface area contributed by atoms with Crippen LogP contribution >= 0.6 is 11.6 Å². The van der Waals surface area contributed by atoms with Gasteiger partial charge in [0.2, 0.25) is 11.9 Å². The highest BCUT2D eigenvalue weighted by atomic mass is 35.5. The molecule has 1 atom stereocenters. The van der Waals surface area contributed by atoms with Crippen LogP contribution in [-0.2, 0) is 9.59 Å². The molecule has 1 heterocycles. The second-order valence-corrected chi connectivity index (χ2v) is 12.4. The Hall–Kier alpha value is -5.25. The Labute approximate surface area is 282 Å². The molecule has 0 spiro atoms. The van der Waals surface area contributed by atoms with Crippen molar-refractivity contribution in [3.8, 4) is 6.01 Å². The van der Waals surface area contributed by atoms with Gasteiger partial charge in [0.15, 0.2) is 6.61 Å². The van der Waals surface area contributed by atoms with Crippen LogP contribution < -0.4 is 31.3 Å². The molecule has 5 rings (SSSR count). The highest BCUT2D eigenvalue weighted by Crippen LogP contribution is 2.47. The third-order valence-corrected chi connectivity index (χ3v) is 7.65. The summed E-state index contributed by atoms with van der Waals surface area (Å²) in [5.41, 5.74) is 1.39. The number of benzene rings is 2. The fourth-order valence-electron chi connectivity index (χ4n) is 4.66. The van der Waals surface area contributed by atoms with Crippen molar-refractivity contribution in [1.29, 1.82) is 0 Å². The van der Waals surface area contributed by atoms with Gasteiger partial charge in [-0.3, -0.25) is 14.4 Å². The van der Waals surface area contributed by atoms with Gasteiger partial charge in [-0.2, -0.15) is 28.1 Å².